The van der Waals surface area contributed by atoms with E-state index >= 15 is 0 Å². The van der Waals surface area contributed by atoms with Crippen molar-refractivity contribution in [2.45, 2.75) is 31.9 Å². The van der Waals surface area contributed by atoms with Crippen molar-refractivity contribution < 1.29 is 27.1 Å². The summed E-state index contributed by atoms with van der Waals surface area (Å²) in [6.45, 7) is 4.48. The molecule has 4 N–H and O–H groups in total. The number of hydrogen-bond donors (Lipinski definition) is 3. The molecule has 1 aliphatic heterocycles. The number of para-hydroxylation sites is 1. The zero-order valence-electron chi connectivity index (χ0n) is 23.6. The van der Waals surface area contributed by atoms with Gasteiger partial charge in [0.1, 0.15) is 11.6 Å². The van der Waals surface area contributed by atoms with Crippen molar-refractivity contribution in [3.8, 4) is 17.2 Å². The average Bonchev–Trinajstić information content (AvgIpc) is 3.57. The molecule has 1 saturated heterocycles. The third kappa shape index (κ3) is 5.58. The molecular weight excluding hydrogens is 573 g/mol. The number of nitrogens with one attached hydrogen (secondary N) is 2. The number of sulfonamides is 1. The molecule has 0 saturated carbocycles. The Morgan fingerprint density at radius 1 is 1.09 bits per heavy atom. The molecule has 0 radical (unpaired) electrons. The number of aromatic amines is 1. The van der Waals surface area contributed by atoms with Gasteiger partial charge in [0.2, 0.25) is 15.8 Å². The number of nitrogen functional groups attached to an aromatic ring is 1. The Kier molecular flexibility index (Phi) is 7.40. The number of fused-ring (bicyclic) bond motifs is 1. The van der Waals surface area contributed by atoms with Crippen molar-refractivity contribution in [1.82, 2.24) is 14.8 Å². The number of nitrogens with two attached hydrogens (primary N) is 1. The summed E-state index contributed by atoms with van der Waals surface area (Å²) in [5.41, 5.74) is 10.1. The molecule has 2 aromatic heterocycles. The van der Waals surface area contributed by atoms with E-state index in [1.807, 2.05) is 19.9 Å². The van der Waals surface area contributed by atoms with Crippen LogP contribution in [-0.2, 0) is 14.8 Å². The summed E-state index contributed by atoms with van der Waals surface area (Å²) >= 11 is 0. The summed E-state index contributed by atoms with van der Waals surface area (Å²) in [5.74, 6) is -0.132. The van der Waals surface area contributed by atoms with Gasteiger partial charge in [-0.25, -0.2) is 17.5 Å². The number of benzene rings is 3. The van der Waals surface area contributed by atoms with Crippen LogP contribution in [0.2, 0.25) is 0 Å². The second-order valence-corrected chi connectivity index (χ2v) is 12.5. The van der Waals surface area contributed by atoms with Crippen LogP contribution in [0.25, 0.3) is 16.6 Å². The van der Waals surface area contributed by atoms with Crippen LogP contribution in [0.3, 0.4) is 0 Å². The minimum absolute atomic E-state index is 0.110. The van der Waals surface area contributed by atoms with Gasteiger partial charge in [-0.05, 0) is 86.3 Å². The number of aryl methyl sites for hydroxylation is 2. The first-order valence-electron chi connectivity index (χ1n) is 13.7. The van der Waals surface area contributed by atoms with Gasteiger partial charge in [-0.15, -0.1) is 0 Å². The number of nitrogens with zero attached hydrogens (tertiary/aromatic N) is 2. The molecule has 0 bridgehead atoms. The van der Waals surface area contributed by atoms with Gasteiger partial charge in [0.05, 0.1) is 34.1 Å². The van der Waals surface area contributed by atoms with E-state index in [2.05, 4.69) is 14.8 Å². The summed E-state index contributed by atoms with van der Waals surface area (Å²) in [4.78, 5) is 16.6. The summed E-state index contributed by atoms with van der Waals surface area (Å²) in [6, 6.07) is 16.5. The SMILES string of the molecule is Cc1cc2cc(C(=O)c3cnn(-c4ccc(Oc5ccccc5F)cc4C)c3N)[nH]c2cc1NS(=O)(=O)C1CCOCC1. The normalized spacial score (nSPS) is 14.2. The molecular formula is C31H30FN5O5S. The molecule has 0 spiro atoms. The highest BCUT2D eigenvalue weighted by Gasteiger charge is 2.28. The number of rotatable bonds is 8. The van der Waals surface area contributed by atoms with Crippen LogP contribution in [0.15, 0.2) is 66.9 Å². The van der Waals surface area contributed by atoms with Crippen molar-refractivity contribution in [2.75, 3.05) is 23.7 Å². The summed E-state index contributed by atoms with van der Waals surface area (Å²) in [5, 5.41) is 4.59. The fourth-order valence-corrected chi connectivity index (χ4v) is 6.71. The first kappa shape index (κ1) is 28.4. The van der Waals surface area contributed by atoms with Crippen molar-refractivity contribution in [3.63, 3.8) is 0 Å². The summed E-state index contributed by atoms with van der Waals surface area (Å²) < 4.78 is 55.1. The molecule has 3 heterocycles. The maximum atomic E-state index is 14.0. The Labute approximate surface area is 247 Å². The third-order valence-corrected chi connectivity index (χ3v) is 9.44. The number of H-pyrrole nitrogens is 1. The summed E-state index contributed by atoms with van der Waals surface area (Å²) in [6.07, 6.45) is 2.29. The Morgan fingerprint density at radius 2 is 1.86 bits per heavy atom. The van der Waals surface area contributed by atoms with E-state index in [1.54, 1.807) is 48.5 Å². The van der Waals surface area contributed by atoms with Gasteiger partial charge < -0.3 is 20.2 Å². The van der Waals surface area contributed by atoms with Crippen LogP contribution in [0.1, 0.15) is 40.0 Å². The van der Waals surface area contributed by atoms with Crippen molar-refractivity contribution >= 4 is 38.2 Å². The first-order valence-corrected chi connectivity index (χ1v) is 15.3. The molecule has 0 amide bonds. The van der Waals surface area contributed by atoms with E-state index in [9.17, 15) is 17.6 Å². The fourth-order valence-electron chi connectivity index (χ4n) is 5.20. The quantitative estimate of drug-likeness (QED) is 0.195. The molecule has 1 fully saturated rings. The predicted molar refractivity (Wildman–Crippen MR) is 162 cm³/mol. The van der Waals surface area contributed by atoms with Crippen molar-refractivity contribution in [3.05, 3.63) is 95.1 Å². The standard InChI is InChI=1S/C31H30FN5O5S/c1-18-13-20-15-27(35-26(20)16-25(18)36-43(39,40)22-9-11-41-12-10-22)30(38)23-17-34-37(31(23)33)28-8-7-21(14-19(28)2)42-29-6-4-3-5-24(29)32/h3-8,13-17,22,35-36H,9-12,33H2,1-2H3. The highest BCUT2D eigenvalue weighted by Crippen LogP contribution is 2.31. The molecule has 0 aliphatic carbocycles. The molecule has 5 aromatic rings. The lowest BCUT2D eigenvalue weighted by molar-refractivity contribution is 0.0984. The van der Waals surface area contributed by atoms with Crippen LogP contribution in [0, 0.1) is 19.7 Å². The second kappa shape index (κ2) is 11.2. The minimum atomic E-state index is -3.60. The molecule has 0 atom stereocenters. The predicted octanol–water partition coefficient (Wildman–Crippen LogP) is 5.64. The number of ether oxygens (including phenoxy) is 2. The number of anilines is 2. The molecule has 3 aromatic carbocycles. The molecule has 43 heavy (non-hydrogen) atoms. The van der Waals surface area contributed by atoms with E-state index in [0.29, 0.717) is 48.7 Å². The van der Waals surface area contributed by atoms with Gasteiger partial charge >= 0.3 is 0 Å². The smallest absolute Gasteiger partial charge is 0.235 e. The van der Waals surface area contributed by atoms with E-state index in [1.165, 1.54) is 16.9 Å². The van der Waals surface area contributed by atoms with Gasteiger partial charge in [-0.1, -0.05) is 12.1 Å². The number of ketones is 1. The van der Waals surface area contributed by atoms with Gasteiger partial charge in [-0.2, -0.15) is 5.10 Å². The zero-order chi connectivity index (χ0) is 30.3. The highest BCUT2D eigenvalue weighted by molar-refractivity contribution is 7.93. The Balaban J connectivity index is 1.24. The van der Waals surface area contributed by atoms with E-state index in [4.69, 9.17) is 15.2 Å². The monoisotopic (exact) mass is 603 g/mol. The Morgan fingerprint density at radius 3 is 2.60 bits per heavy atom. The lowest BCUT2D eigenvalue weighted by Gasteiger charge is -2.23. The zero-order valence-corrected chi connectivity index (χ0v) is 24.4. The van der Waals surface area contributed by atoms with Gasteiger partial charge in [0.15, 0.2) is 11.6 Å². The number of hydrogen-bond acceptors (Lipinski definition) is 7. The molecule has 0 unspecified atom stereocenters. The van der Waals surface area contributed by atoms with Crippen LogP contribution < -0.4 is 15.2 Å². The number of carbonyl (C=O) groups excluding carboxylic acids is 1. The molecule has 6 rings (SSSR count). The fraction of sp³-hybridized carbons (Fsp3) is 0.226. The topological polar surface area (TPSA) is 141 Å². The van der Waals surface area contributed by atoms with E-state index in [-0.39, 0.29) is 28.6 Å². The minimum Gasteiger partial charge on any atom is -0.454 e. The molecule has 10 nitrogen and oxygen atoms in total. The first-order chi connectivity index (χ1) is 20.6. The lowest BCUT2D eigenvalue weighted by atomic mass is 10.1. The molecule has 1 aliphatic rings. The van der Waals surface area contributed by atoms with Crippen LogP contribution in [0.5, 0.6) is 11.5 Å². The van der Waals surface area contributed by atoms with Crippen LogP contribution in [0.4, 0.5) is 15.9 Å². The largest absolute Gasteiger partial charge is 0.454 e. The number of aromatic nitrogens is 3. The second-order valence-electron chi connectivity index (χ2n) is 10.6. The Bertz CT molecular complexity index is 1960. The summed E-state index contributed by atoms with van der Waals surface area (Å²) in [7, 11) is -3.60. The number of carbonyl (C=O) groups is 1. The van der Waals surface area contributed by atoms with Gasteiger partial charge in [0.25, 0.3) is 0 Å². The van der Waals surface area contributed by atoms with Crippen LogP contribution >= 0.6 is 0 Å². The third-order valence-electron chi connectivity index (χ3n) is 7.58. The molecule has 12 heteroatoms. The Hall–Kier alpha value is -4.68. The van der Waals surface area contributed by atoms with Crippen LogP contribution in [-0.4, -0.2) is 47.4 Å². The van der Waals surface area contributed by atoms with Gasteiger partial charge in [-0.3, -0.25) is 9.52 Å². The maximum Gasteiger partial charge on any atom is 0.235 e. The highest BCUT2D eigenvalue weighted by atomic mass is 32.2. The maximum absolute atomic E-state index is 14.0. The lowest BCUT2D eigenvalue weighted by Crippen LogP contribution is -2.33. The number of halogens is 1. The van der Waals surface area contributed by atoms with Crippen molar-refractivity contribution in [2.24, 2.45) is 0 Å². The molecule has 222 valence electrons. The average molecular weight is 604 g/mol. The van der Waals surface area contributed by atoms with Gasteiger partial charge in [0, 0.05) is 24.1 Å². The van der Waals surface area contributed by atoms with E-state index < -0.39 is 21.1 Å². The van der Waals surface area contributed by atoms with Crippen molar-refractivity contribution in [1.29, 1.82) is 0 Å². The van der Waals surface area contributed by atoms with E-state index in [0.717, 1.165) is 16.5 Å².